The van der Waals surface area contributed by atoms with Gasteiger partial charge in [-0.3, -0.25) is 19.1 Å². The summed E-state index contributed by atoms with van der Waals surface area (Å²) in [6, 6.07) is 1.69. The number of H-pyrrole nitrogens is 1. The molecule has 2 aromatic rings. The summed E-state index contributed by atoms with van der Waals surface area (Å²) in [6.07, 6.45) is 3.54. The molecule has 2 aromatic heterocycles. The smallest absolute Gasteiger partial charge is 0.329 e. The van der Waals surface area contributed by atoms with E-state index in [-0.39, 0.29) is 40.9 Å². The lowest BCUT2D eigenvalue weighted by Gasteiger charge is -2.13. The van der Waals surface area contributed by atoms with Crippen LogP contribution in [0.4, 0.5) is 0 Å². The number of hydrogen-bond acceptors (Lipinski definition) is 5. The molecule has 1 amide bonds. The van der Waals surface area contributed by atoms with Crippen molar-refractivity contribution >= 4 is 16.9 Å². The van der Waals surface area contributed by atoms with Crippen LogP contribution in [-0.4, -0.2) is 38.7 Å². The molecule has 2 heterocycles. The lowest BCUT2D eigenvalue weighted by atomic mass is 10.1. The normalized spacial score (nSPS) is 15.1. The highest BCUT2D eigenvalue weighted by atomic mass is 16.3. The first kappa shape index (κ1) is 19.3. The lowest BCUT2D eigenvalue weighted by Crippen LogP contribution is -2.33. The quantitative estimate of drug-likeness (QED) is 0.599. The molecule has 27 heavy (non-hydrogen) atoms. The molecule has 0 aliphatic heterocycles. The Morgan fingerprint density at radius 1 is 1.44 bits per heavy atom. The second kappa shape index (κ2) is 8.04. The number of aliphatic hydroxyl groups is 1. The standard InChI is InChI=1S/C19H26N4O4/c1-3-23-16-15(18(26)22-19(23)27)13(9-14(21-16)12-6-7-12)17(25)20-8-4-5-11(2)10-24/h9,11-12,24H,3-8,10H2,1-2H3,(H,20,25)(H,22,26,27)/t11-/m0/s1. The topological polar surface area (TPSA) is 117 Å². The number of aromatic amines is 1. The number of rotatable bonds is 8. The van der Waals surface area contributed by atoms with E-state index in [0.717, 1.165) is 31.4 Å². The van der Waals surface area contributed by atoms with Crippen molar-refractivity contribution in [1.29, 1.82) is 0 Å². The van der Waals surface area contributed by atoms with Gasteiger partial charge in [0, 0.05) is 31.3 Å². The van der Waals surface area contributed by atoms with E-state index in [9.17, 15) is 14.4 Å². The van der Waals surface area contributed by atoms with Crippen LogP contribution in [0, 0.1) is 5.92 Å². The average Bonchev–Trinajstić information content (AvgIpc) is 3.49. The van der Waals surface area contributed by atoms with E-state index in [1.54, 1.807) is 13.0 Å². The van der Waals surface area contributed by atoms with Crippen LogP contribution < -0.4 is 16.6 Å². The summed E-state index contributed by atoms with van der Waals surface area (Å²) in [5, 5.41) is 12.1. The maximum Gasteiger partial charge on any atom is 0.329 e. The highest BCUT2D eigenvalue weighted by Crippen LogP contribution is 2.39. The summed E-state index contributed by atoms with van der Waals surface area (Å²) in [7, 11) is 0. The maximum absolute atomic E-state index is 12.8. The van der Waals surface area contributed by atoms with Crippen LogP contribution in [0.2, 0.25) is 0 Å². The minimum Gasteiger partial charge on any atom is -0.396 e. The van der Waals surface area contributed by atoms with Crippen molar-refractivity contribution in [3.63, 3.8) is 0 Å². The van der Waals surface area contributed by atoms with Crippen LogP contribution in [0.5, 0.6) is 0 Å². The van der Waals surface area contributed by atoms with Gasteiger partial charge in [0.2, 0.25) is 0 Å². The third-order valence-electron chi connectivity index (χ3n) is 5.00. The molecule has 0 bridgehead atoms. The number of hydrogen-bond donors (Lipinski definition) is 3. The Morgan fingerprint density at radius 3 is 2.81 bits per heavy atom. The van der Waals surface area contributed by atoms with Crippen molar-refractivity contribution in [3.05, 3.63) is 38.2 Å². The number of aryl methyl sites for hydroxylation is 1. The minimum atomic E-state index is -0.589. The third kappa shape index (κ3) is 4.10. The molecule has 8 heteroatoms. The van der Waals surface area contributed by atoms with E-state index in [4.69, 9.17) is 5.11 Å². The largest absolute Gasteiger partial charge is 0.396 e. The van der Waals surface area contributed by atoms with Crippen molar-refractivity contribution < 1.29 is 9.90 Å². The molecule has 0 spiro atoms. The number of aliphatic hydroxyl groups excluding tert-OH is 1. The fourth-order valence-corrected chi connectivity index (χ4v) is 3.19. The highest BCUT2D eigenvalue weighted by Gasteiger charge is 2.28. The van der Waals surface area contributed by atoms with E-state index in [2.05, 4.69) is 15.3 Å². The van der Waals surface area contributed by atoms with Crippen LogP contribution in [0.1, 0.15) is 61.5 Å². The number of fused-ring (bicyclic) bond motifs is 1. The summed E-state index contributed by atoms with van der Waals surface area (Å²) in [4.78, 5) is 44.1. The first-order valence-corrected chi connectivity index (χ1v) is 9.53. The van der Waals surface area contributed by atoms with Crippen LogP contribution in [-0.2, 0) is 6.54 Å². The number of carbonyl (C=O) groups is 1. The van der Waals surface area contributed by atoms with E-state index in [0.29, 0.717) is 13.1 Å². The number of nitrogens with one attached hydrogen (secondary N) is 2. The Balaban J connectivity index is 1.97. The third-order valence-corrected chi connectivity index (χ3v) is 5.00. The van der Waals surface area contributed by atoms with Gasteiger partial charge < -0.3 is 10.4 Å². The van der Waals surface area contributed by atoms with E-state index < -0.39 is 11.2 Å². The molecule has 3 rings (SSSR count). The molecule has 0 saturated heterocycles. The summed E-state index contributed by atoms with van der Waals surface area (Å²) in [5.74, 6) is 0.130. The van der Waals surface area contributed by atoms with Crippen LogP contribution in [0.3, 0.4) is 0 Å². The Labute approximate surface area is 156 Å². The molecule has 1 atom stereocenters. The Morgan fingerprint density at radius 2 is 2.19 bits per heavy atom. The number of pyridine rings is 1. The molecule has 0 unspecified atom stereocenters. The fourth-order valence-electron chi connectivity index (χ4n) is 3.19. The number of aromatic nitrogens is 3. The first-order valence-electron chi connectivity index (χ1n) is 9.53. The summed E-state index contributed by atoms with van der Waals surface area (Å²) in [5.41, 5.74) is 0.192. The van der Waals surface area contributed by atoms with Gasteiger partial charge in [0.05, 0.1) is 10.9 Å². The highest BCUT2D eigenvalue weighted by molar-refractivity contribution is 6.05. The zero-order valence-electron chi connectivity index (χ0n) is 15.7. The molecular formula is C19H26N4O4. The van der Waals surface area contributed by atoms with Gasteiger partial charge in [-0.25, -0.2) is 9.78 Å². The predicted octanol–water partition coefficient (Wildman–Crippen LogP) is 1.12. The summed E-state index contributed by atoms with van der Waals surface area (Å²) < 4.78 is 1.39. The van der Waals surface area contributed by atoms with Crippen LogP contribution >= 0.6 is 0 Å². The van der Waals surface area contributed by atoms with Gasteiger partial charge in [0.25, 0.3) is 11.5 Å². The van der Waals surface area contributed by atoms with E-state index in [1.165, 1.54) is 4.57 Å². The Kier molecular flexibility index (Phi) is 5.74. The van der Waals surface area contributed by atoms with Crippen molar-refractivity contribution in [3.8, 4) is 0 Å². The number of amides is 1. The van der Waals surface area contributed by atoms with E-state index >= 15 is 0 Å². The molecule has 0 radical (unpaired) electrons. The number of carbonyl (C=O) groups excluding carboxylic acids is 1. The molecular weight excluding hydrogens is 348 g/mol. The molecule has 1 aliphatic carbocycles. The van der Waals surface area contributed by atoms with Gasteiger partial charge in [-0.15, -0.1) is 0 Å². The molecule has 3 N–H and O–H groups in total. The zero-order valence-corrected chi connectivity index (χ0v) is 15.7. The molecule has 1 fully saturated rings. The Bertz CT molecular complexity index is 959. The monoisotopic (exact) mass is 374 g/mol. The minimum absolute atomic E-state index is 0.123. The number of nitrogens with zero attached hydrogens (tertiary/aromatic N) is 2. The van der Waals surface area contributed by atoms with Gasteiger partial charge in [0.15, 0.2) is 5.65 Å². The fraction of sp³-hybridized carbons (Fsp3) is 0.579. The van der Waals surface area contributed by atoms with Crippen molar-refractivity contribution in [2.24, 2.45) is 5.92 Å². The van der Waals surface area contributed by atoms with Crippen molar-refractivity contribution in [2.45, 2.75) is 52.0 Å². The summed E-state index contributed by atoms with van der Waals surface area (Å²) in [6.45, 7) is 4.68. The maximum atomic E-state index is 12.8. The Hall–Kier alpha value is -2.48. The second-order valence-electron chi connectivity index (χ2n) is 7.26. The second-order valence-corrected chi connectivity index (χ2v) is 7.26. The molecule has 1 aliphatic rings. The SMILES string of the molecule is CCn1c(=O)[nH]c(=O)c2c(C(=O)NCCC[C@H](C)CO)cc(C3CC3)nc21. The van der Waals surface area contributed by atoms with Crippen LogP contribution in [0.25, 0.3) is 11.0 Å². The van der Waals surface area contributed by atoms with Gasteiger partial charge in [-0.1, -0.05) is 6.92 Å². The lowest BCUT2D eigenvalue weighted by molar-refractivity contribution is 0.0953. The van der Waals surface area contributed by atoms with Gasteiger partial charge in [0.1, 0.15) is 0 Å². The summed E-state index contributed by atoms with van der Waals surface area (Å²) >= 11 is 0. The van der Waals surface area contributed by atoms with Gasteiger partial charge >= 0.3 is 5.69 Å². The average molecular weight is 374 g/mol. The van der Waals surface area contributed by atoms with Crippen LogP contribution in [0.15, 0.2) is 15.7 Å². The van der Waals surface area contributed by atoms with Crippen molar-refractivity contribution in [1.82, 2.24) is 19.9 Å². The van der Waals surface area contributed by atoms with Gasteiger partial charge in [-0.2, -0.15) is 0 Å². The molecule has 146 valence electrons. The first-order chi connectivity index (χ1) is 13.0. The molecule has 0 aromatic carbocycles. The predicted molar refractivity (Wildman–Crippen MR) is 102 cm³/mol. The zero-order chi connectivity index (χ0) is 19.6. The van der Waals surface area contributed by atoms with Crippen molar-refractivity contribution in [2.75, 3.05) is 13.2 Å². The van der Waals surface area contributed by atoms with E-state index in [1.807, 2.05) is 6.92 Å². The van der Waals surface area contributed by atoms with Gasteiger partial charge in [-0.05, 0) is 44.6 Å². The molecule has 8 nitrogen and oxygen atoms in total. The molecule has 1 saturated carbocycles.